The van der Waals surface area contributed by atoms with Crippen molar-refractivity contribution in [1.82, 2.24) is 37.4 Å². The number of hydrogen-bond acceptors (Lipinski definition) is 2. The van der Waals surface area contributed by atoms with Crippen molar-refractivity contribution in [2.75, 3.05) is 0 Å². The zero-order chi connectivity index (χ0) is 82.6. The normalized spacial score (nSPS) is 12.0. The second-order valence-corrected chi connectivity index (χ2v) is 33.2. The van der Waals surface area contributed by atoms with Crippen LogP contribution in [0.1, 0.15) is 0 Å². The molecule has 126 heavy (non-hydrogen) atoms. The van der Waals surface area contributed by atoms with Crippen LogP contribution in [0.3, 0.4) is 0 Å². The highest BCUT2D eigenvalue weighted by molar-refractivity contribution is 6.18. The number of para-hydroxylation sites is 8. The van der Waals surface area contributed by atoms with E-state index < -0.39 is 0 Å². The van der Waals surface area contributed by atoms with Crippen LogP contribution in [0, 0.1) is 0 Å². The van der Waals surface area contributed by atoms with Crippen molar-refractivity contribution in [3.8, 4) is 113 Å². The lowest BCUT2D eigenvalue weighted by atomic mass is 9.97. The van der Waals surface area contributed by atoms with Crippen molar-refractivity contribution in [3.63, 3.8) is 0 Å². The van der Waals surface area contributed by atoms with Crippen molar-refractivity contribution in [3.05, 3.63) is 449 Å². The van der Waals surface area contributed by atoms with Gasteiger partial charge in [-0.1, -0.05) is 261 Å². The summed E-state index contributed by atoms with van der Waals surface area (Å²) in [6.07, 6.45) is 0. The van der Waals surface area contributed by atoms with E-state index in [1.54, 1.807) is 0 Å². The van der Waals surface area contributed by atoms with Gasteiger partial charge in [0.05, 0.1) is 71.9 Å². The minimum Gasteiger partial charge on any atom is -0.309 e. The zero-order valence-corrected chi connectivity index (χ0v) is 68.3. The molecule has 0 N–H and O–H groups in total. The summed E-state index contributed by atoms with van der Waals surface area (Å²) in [6.45, 7) is 0. The molecule has 0 aliphatic carbocycles. The number of benzene rings is 19. The van der Waals surface area contributed by atoms with E-state index in [4.69, 9.17) is 9.97 Å². The second kappa shape index (κ2) is 28.3. The molecular formula is C118H74N8. The first kappa shape index (κ1) is 70.9. The van der Waals surface area contributed by atoms with E-state index in [9.17, 15) is 0 Å². The molecule has 0 unspecified atom stereocenters. The Kier molecular flexibility index (Phi) is 15.9. The maximum atomic E-state index is 6.06. The number of hydrogen-bond donors (Lipinski definition) is 0. The van der Waals surface area contributed by atoms with Crippen molar-refractivity contribution in [1.29, 1.82) is 0 Å². The lowest BCUT2D eigenvalue weighted by Crippen LogP contribution is -2.07. The molecular weight excluding hydrogens is 1530 g/mol. The fourth-order valence-electron chi connectivity index (χ4n) is 20.4. The number of aromatic nitrogens is 8. The molecule has 26 aromatic rings. The number of rotatable bonds is 13. The van der Waals surface area contributed by atoms with Crippen LogP contribution in [0.2, 0.25) is 0 Å². The second-order valence-electron chi connectivity index (χ2n) is 33.2. The van der Waals surface area contributed by atoms with Crippen LogP contribution in [0.15, 0.2) is 449 Å². The van der Waals surface area contributed by atoms with E-state index in [-0.39, 0.29) is 0 Å². The van der Waals surface area contributed by atoms with E-state index in [1.165, 1.54) is 70.7 Å². The summed E-state index contributed by atoms with van der Waals surface area (Å²) in [6, 6.07) is 165. The standard InChI is InChI=1S/C118H74N8/c1-6-26-75(27-7-1)76-28-24-29-77(64-76)78-30-25-31-87(65-78)104-74-117(125-113-60-52-83(79-48-56-109-96(66-79)92-40-16-20-44-105(92)121(109)88-32-8-2-9-33-88)70-100(113)101-71-84(53-61-114(101)125)80-49-57-110-97(67-80)93-41-17-21-45-106(93)122(110)89-34-10-3-11-35-89)120-118(119-104)126-115-62-54-85(81-50-58-111-98(68-81)94-42-18-22-46-107(94)123(111)90-36-12-4-13-37-90)72-102(115)103-73-86(55-63-116(103)126)82-51-59-112-99(69-82)95-43-19-23-47-108(95)124(112)91-38-14-5-15-39-91/h1-74H. The van der Waals surface area contributed by atoms with E-state index in [0.717, 1.165) is 167 Å². The van der Waals surface area contributed by atoms with E-state index in [2.05, 4.69) is 476 Å². The average molecular weight is 1600 g/mol. The molecule has 0 bridgehead atoms. The van der Waals surface area contributed by atoms with Crippen molar-refractivity contribution >= 4 is 131 Å². The molecule has 0 fully saturated rings. The van der Waals surface area contributed by atoms with Gasteiger partial charge in [0.2, 0.25) is 5.95 Å². The summed E-state index contributed by atoms with van der Waals surface area (Å²) in [5.74, 6) is 1.27. The van der Waals surface area contributed by atoms with Crippen LogP contribution in [-0.2, 0) is 0 Å². The number of fused-ring (bicyclic) bond motifs is 18. The Balaban J connectivity index is 0.711. The molecule has 0 aliphatic rings. The molecule has 586 valence electrons. The predicted octanol–water partition coefficient (Wildman–Crippen LogP) is 30.7. The van der Waals surface area contributed by atoms with Crippen molar-refractivity contribution < 1.29 is 0 Å². The van der Waals surface area contributed by atoms with Crippen molar-refractivity contribution in [2.45, 2.75) is 0 Å². The quantitative estimate of drug-likeness (QED) is 0.116. The SMILES string of the molecule is c1ccc(-c2cccc(-c3cccc(-c4cc(-n5c6ccc(-c7ccc8c(c7)c7ccccc7n8-c7ccccc7)cc6c6cc(-c7ccc8c(c7)c7ccccc7n8-c7ccccc7)ccc65)nc(-n5c6ccc(-c7ccc8c(c7)c7ccccc7n8-c7ccccc7)cc6c6cc(-c7ccc8c(c7)c7ccccc7n8-c7ccccc7)ccc65)n4)c3)c2)cc1. The van der Waals surface area contributed by atoms with Crippen molar-refractivity contribution in [2.24, 2.45) is 0 Å². The highest BCUT2D eigenvalue weighted by Crippen LogP contribution is 2.46. The molecule has 8 heteroatoms. The third-order valence-corrected chi connectivity index (χ3v) is 26.2. The van der Waals surface area contributed by atoms with Crippen LogP contribution in [0.4, 0.5) is 0 Å². The summed E-state index contributed by atoms with van der Waals surface area (Å²) in [4.78, 5) is 12.0. The predicted molar refractivity (Wildman–Crippen MR) is 526 cm³/mol. The van der Waals surface area contributed by atoms with Gasteiger partial charge in [-0.15, -0.1) is 0 Å². The molecule has 0 saturated heterocycles. The third kappa shape index (κ3) is 11.3. The Morgan fingerprint density at radius 2 is 0.341 bits per heavy atom. The molecule has 0 saturated carbocycles. The van der Waals surface area contributed by atoms with Gasteiger partial charge in [0.1, 0.15) is 5.82 Å². The monoisotopic (exact) mass is 1600 g/mol. The van der Waals surface area contributed by atoms with E-state index >= 15 is 0 Å². The fourth-order valence-corrected chi connectivity index (χ4v) is 20.4. The molecule has 0 atom stereocenters. The molecule has 19 aromatic carbocycles. The minimum absolute atomic E-state index is 0.541. The molecule has 0 aliphatic heterocycles. The van der Waals surface area contributed by atoms with Gasteiger partial charge in [-0.05, 0) is 249 Å². The third-order valence-electron chi connectivity index (χ3n) is 26.2. The highest BCUT2D eigenvalue weighted by atomic mass is 15.2. The summed E-state index contributed by atoms with van der Waals surface area (Å²) in [7, 11) is 0. The van der Waals surface area contributed by atoms with Gasteiger partial charge in [0.15, 0.2) is 0 Å². The lowest BCUT2D eigenvalue weighted by molar-refractivity contribution is 0.952. The van der Waals surface area contributed by atoms with E-state index in [1.807, 2.05) is 0 Å². The van der Waals surface area contributed by atoms with Gasteiger partial charge < -0.3 is 18.3 Å². The first-order valence-electron chi connectivity index (χ1n) is 43.2. The summed E-state index contributed by atoms with van der Waals surface area (Å²) in [5, 5.41) is 14.0. The van der Waals surface area contributed by atoms with Gasteiger partial charge in [0, 0.05) is 99.0 Å². The van der Waals surface area contributed by atoms with Crippen LogP contribution in [0.25, 0.3) is 243 Å². The lowest BCUT2D eigenvalue weighted by Gasteiger charge is -2.15. The molecule has 7 aromatic heterocycles. The Labute approximate surface area is 724 Å². The van der Waals surface area contributed by atoms with Gasteiger partial charge in [-0.3, -0.25) is 9.13 Å². The highest BCUT2D eigenvalue weighted by Gasteiger charge is 2.26. The van der Waals surface area contributed by atoms with Crippen LogP contribution >= 0.6 is 0 Å². The number of nitrogens with zero attached hydrogens (tertiary/aromatic N) is 8. The molecule has 0 spiro atoms. The Morgan fingerprint density at radius 3 is 0.651 bits per heavy atom. The minimum atomic E-state index is 0.541. The summed E-state index contributed by atoms with van der Waals surface area (Å²) in [5.41, 5.74) is 33.0. The molecule has 7 heterocycles. The summed E-state index contributed by atoms with van der Waals surface area (Å²) >= 11 is 0. The van der Waals surface area contributed by atoms with Crippen LogP contribution < -0.4 is 0 Å². The van der Waals surface area contributed by atoms with Gasteiger partial charge in [-0.25, -0.2) is 4.98 Å². The van der Waals surface area contributed by atoms with Gasteiger partial charge >= 0.3 is 0 Å². The Bertz CT molecular complexity index is 8070. The Hall–Kier alpha value is -16.9. The fraction of sp³-hybridized carbons (Fsp3) is 0. The first-order chi connectivity index (χ1) is 62.5. The van der Waals surface area contributed by atoms with Gasteiger partial charge in [-0.2, -0.15) is 4.98 Å². The van der Waals surface area contributed by atoms with Crippen LogP contribution in [0.5, 0.6) is 0 Å². The maximum absolute atomic E-state index is 6.06. The molecule has 26 rings (SSSR count). The van der Waals surface area contributed by atoms with Gasteiger partial charge in [0.25, 0.3) is 0 Å². The molecule has 8 nitrogen and oxygen atoms in total. The maximum Gasteiger partial charge on any atom is 0.237 e. The average Bonchev–Trinajstić information content (AvgIpc) is 1.58. The smallest absolute Gasteiger partial charge is 0.237 e. The Morgan fingerprint density at radius 1 is 0.127 bits per heavy atom. The zero-order valence-electron chi connectivity index (χ0n) is 68.3. The van der Waals surface area contributed by atoms with E-state index in [0.29, 0.717) is 5.95 Å². The topological polar surface area (TPSA) is 55.4 Å². The first-order valence-corrected chi connectivity index (χ1v) is 43.2. The summed E-state index contributed by atoms with van der Waals surface area (Å²) < 4.78 is 14.3. The largest absolute Gasteiger partial charge is 0.309 e. The molecule has 0 amide bonds. The van der Waals surface area contributed by atoms with Crippen LogP contribution in [-0.4, -0.2) is 37.4 Å². The molecule has 0 radical (unpaired) electrons.